The zero-order chi connectivity index (χ0) is 45.3. The first kappa shape index (κ1) is 44.4. The van der Waals surface area contributed by atoms with Gasteiger partial charge in [-0.25, -0.2) is 33.5 Å². The summed E-state index contributed by atoms with van der Waals surface area (Å²) in [6.45, 7) is 16.2. The molecule has 338 valence electrons. The van der Waals surface area contributed by atoms with E-state index in [1.165, 1.54) is 23.8 Å². The molecule has 2 aromatic carbocycles. The lowest BCUT2D eigenvalue weighted by molar-refractivity contribution is -0.135. The number of carbonyl (C=O) groups is 2. The Bertz CT molecular complexity index is 2550. The van der Waals surface area contributed by atoms with Crippen LogP contribution in [0.1, 0.15) is 84.3 Å². The Hall–Kier alpha value is -6.16. The Morgan fingerprint density at radius 1 is 0.781 bits per heavy atom. The third-order valence-electron chi connectivity index (χ3n) is 12.7. The van der Waals surface area contributed by atoms with Crippen LogP contribution in [-0.2, 0) is 9.53 Å². The molecule has 0 aliphatic carbocycles. The van der Waals surface area contributed by atoms with Crippen LogP contribution < -0.4 is 20.4 Å². The third-order valence-corrected chi connectivity index (χ3v) is 12.7. The fourth-order valence-corrected chi connectivity index (χ4v) is 10.2. The number of carbonyl (C=O) groups excluding carboxylic acids is 2. The van der Waals surface area contributed by atoms with Gasteiger partial charge >= 0.3 is 6.09 Å². The van der Waals surface area contributed by atoms with Crippen molar-refractivity contribution in [3.05, 3.63) is 108 Å². The second kappa shape index (κ2) is 18.5. The number of rotatable bonds is 7. The fraction of sp³-hybridized carbons (Fsp3) is 0.458. The number of ether oxygens (including phenoxy) is 1. The van der Waals surface area contributed by atoms with E-state index in [2.05, 4.69) is 50.3 Å². The van der Waals surface area contributed by atoms with Crippen LogP contribution >= 0.6 is 0 Å². The Morgan fingerprint density at radius 3 is 1.86 bits per heavy atom. The topological polar surface area (TPSA) is 160 Å². The molecule has 4 fully saturated rings. The number of alkyl carbamates (subject to hydrolysis) is 1. The number of anilines is 2. The zero-order valence-electron chi connectivity index (χ0n) is 37.6. The number of hydrogen-bond donors (Lipinski definition) is 4. The molecule has 14 nitrogen and oxygen atoms in total. The predicted octanol–water partition coefficient (Wildman–Crippen LogP) is 7.68. The van der Waals surface area contributed by atoms with Crippen LogP contribution in [0.4, 0.5) is 25.5 Å². The number of aromatic amines is 2. The third kappa shape index (κ3) is 8.84. The van der Waals surface area contributed by atoms with E-state index in [0.717, 1.165) is 53.7 Å². The first-order valence-corrected chi connectivity index (χ1v) is 22.5. The van der Waals surface area contributed by atoms with Crippen molar-refractivity contribution in [2.45, 2.75) is 109 Å². The summed E-state index contributed by atoms with van der Waals surface area (Å²) in [5.74, 6) is 0.897. The van der Waals surface area contributed by atoms with Crippen molar-refractivity contribution in [2.75, 3.05) is 36.0 Å². The van der Waals surface area contributed by atoms with Crippen LogP contribution in [0.3, 0.4) is 0 Å². The van der Waals surface area contributed by atoms with E-state index in [1.54, 1.807) is 63.8 Å². The van der Waals surface area contributed by atoms with Crippen LogP contribution in [0.5, 0.6) is 0 Å². The minimum absolute atomic E-state index is 0.00564. The van der Waals surface area contributed by atoms with Gasteiger partial charge < -0.3 is 40.0 Å². The van der Waals surface area contributed by atoms with E-state index in [0.29, 0.717) is 42.6 Å². The van der Waals surface area contributed by atoms with Crippen molar-refractivity contribution in [1.29, 1.82) is 0 Å². The first-order chi connectivity index (χ1) is 30.8. The standard InChI is InChI=1S/C28H35FN6O3.C18H18FN5.C2H6/c1-16(2)23(33-27(37)38-28(3,4)5)25(36)34-12-9-22-24(34)20(15-35(22)26-30-10-6-11-31-26)19-14-32-21-13-17(29)7-8-18(19)21;19-11-2-3-12-13(9-23-15(12)8-11)14-10-24(16-4-7-20-17(14)16)18-21-5-1-6-22-18;1-2/h6-8,10-11,13-14,16,20,22-24,32H,9,12,15H2,1-5H3,(H,33,37);1-3,5-6,8-9,14,16-17,20,23H,4,7,10H2;1-2H3/t20-,22-,23+,24-;14-,16-,17-;/m11./s1. The average molecular weight is 876 g/mol. The van der Waals surface area contributed by atoms with Gasteiger partial charge in [0.05, 0.1) is 12.1 Å². The summed E-state index contributed by atoms with van der Waals surface area (Å²) in [5.41, 5.74) is 3.17. The van der Waals surface area contributed by atoms with Crippen molar-refractivity contribution in [2.24, 2.45) is 5.92 Å². The maximum Gasteiger partial charge on any atom is 0.408 e. The fourth-order valence-electron chi connectivity index (χ4n) is 10.2. The Balaban J connectivity index is 0.000000184. The number of hydrogen-bond acceptors (Lipinski definition) is 10. The molecule has 16 heteroatoms. The molecule has 4 N–H and O–H groups in total. The molecule has 0 spiro atoms. The number of halogens is 2. The molecule has 2 amide bonds. The van der Waals surface area contributed by atoms with Gasteiger partial charge in [-0.3, -0.25) is 4.79 Å². The lowest BCUT2D eigenvalue weighted by atomic mass is 9.90. The van der Waals surface area contributed by atoms with Gasteiger partial charge in [-0.15, -0.1) is 0 Å². The number of amides is 2. The van der Waals surface area contributed by atoms with E-state index in [4.69, 9.17) is 4.74 Å². The van der Waals surface area contributed by atoms with Gasteiger partial charge in [0.15, 0.2) is 0 Å². The molecule has 7 atom stereocenters. The van der Waals surface area contributed by atoms with Crippen LogP contribution in [-0.4, -0.2) is 109 Å². The van der Waals surface area contributed by atoms with E-state index in [9.17, 15) is 18.4 Å². The normalized spacial score (nSPS) is 23.1. The van der Waals surface area contributed by atoms with E-state index in [-0.39, 0.29) is 41.5 Å². The number of nitrogens with one attached hydrogen (secondary N) is 4. The van der Waals surface area contributed by atoms with Gasteiger partial charge in [0.25, 0.3) is 0 Å². The molecule has 0 unspecified atom stereocenters. The molecule has 4 aliphatic heterocycles. The molecule has 8 heterocycles. The highest BCUT2D eigenvalue weighted by Crippen LogP contribution is 2.45. The second-order valence-corrected chi connectivity index (χ2v) is 18.1. The number of likely N-dealkylation sites (tertiary alicyclic amines) is 1. The van der Waals surface area contributed by atoms with Crippen molar-refractivity contribution in [1.82, 2.24) is 45.4 Å². The largest absolute Gasteiger partial charge is 0.444 e. The minimum Gasteiger partial charge on any atom is -0.444 e. The number of fused-ring (bicyclic) bond motifs is 4. The van der Waals surface area contributed by atoms with Crippen LogP contribution in [0.2, 0.25) is 0 Å². The highest BCUT2D eigenvalue weighted by molar-refractivity contribution is 5.88. The van der Waals surface area contributed by atoms with Gasteiger partial charge in [0.2, 0.25) is 17.8 Å². The van der Waals surface area contributed by atoms with E-state index < -0.39 is 17.7 Å². The summed E-state index contributed by atoms with van der Waals surface area (Å²) in [7, 11) is 0. The highest BCUT2D eigenvalue weighted by atomic mass is 19.1. The van der Waals surface area contributed by atoms with Crippen LogP contribution in [0.15, 0.2) is 85.7 Å². The first-order valence-electron chi connectivity index (χ1n) is 22.5. The van der Waals surface area contributed by atoms with Gasteiger partial charge in [-0.1, -0.05) is 27.7 Å². The Kier molecular flexibility index (Phi) is 12.9. The molecule has 64 heavy (non-hydrogen) atoms. The molecular formula is C48H59F2N11O3. The van der Waals surface area contributed by atoms with Crippen molar-refractivity contribution >= 4 is 45.7 Å². The van der Waals surface area contributed by atoms with Gasteiger partial charge in [0, 0.05) is 103 Å². The molecule has 4 aliphatic rings. The van der Waals surface area contributed by atoms with Crippen molar-refractivity contribution in [3.63, 3.8) is 0 Å². The Morgan fingerprint density at radius 2 is 1.31 bits per heavy atom. The summed E-state index contributed by atoms with van der Waals surface area (Å²) in [6, 6.07) is 13.2. The second-order valence-electron chi connectivity index (χ2n) is 18.1. The van der Waals surface area contributed by atoms with Gasteiger partial charge in [-0.2, -0.15) is 0 Å². The SMILES string of the molecule is CC.CC(C)[C@H](NC(=O)OC(C)(C)C)C(=O)N1CC[C@@H]2[C@H]1[C@@H](c1c[nH]c3cc(F)ccc13)CN2c1ncccn1.Fc1ccc2c([C@H]3CN(c4ncccn4)[C@@H]4CCN[C@H]34)c[nH]c2c1. The number of nitrogens with zero attached hydrogens (tertiary/aromatic N) is 7. The number of benzene rings is 2. The monoisotopic (exact) mass is 875 g/mol. The van der Waals surface area contributed by atoms with E-state index in [1.807, 2.05) is 57.1 Å². The smallest absolute Gasteiger partial charge is 0.408 e. The molecule has 4 aromatic heterocycles. The maximum absolute atomic E-state index is 14.0. The Labute approximate surface area is 372 Å². The quantitative estimate of drug-likeness (QED) is 0.125. The van der Waals surface area contributed by atoms with Crippen LogP contribution in [0, 0.1) is 17.6 Å². The summed E-state index contributed by atoms with van der Waals surface area (Å²) < 4.78 is 32.8. The molecule has 0 bridgehead atoms. The molecule has 0 radical (unpaired) electrons. The van der Waals surface area contributed by atoms with Crippen molar-refractivity contribution in [3.8, 4) is 0 Å². The molecule has 10 rings (SSSR count). The zero-order valence-corrected chi connectivity index (χ0v) is 37.6. The lowest BCUT2D eigenvalue weighted by Gasteiger charge is -2.33. The summed E-state index contributed by atoms with van der Waals surface area (Å²) in [5, 5.41) is 8.50. The molecular weight excluding hydrogens is 817 g/mol. The lowest BCUT2D eigenvalue weighted by Crippen LogP contribution is -2.54. The summed E-state index contributed by atoms with van der Waals surface area (Å²) in [4.78, 5) is 57.4. The minimum atomic E-state index is -0.733. The summed E-state index contributed by atoms with van der Waals surface area (Å²) >= 11 is 0. The van der Waals surface area contributed by atoms with Crippen molar-refractivity contribution < 1.29 is 23.1 Å². The predicted molar refractivity (Wildman–Crippen MR) is 244 cm³/mol. The summed E-state index contributed by atoms with van der Waals surface area (Å²) in [6.07, 6.45) is 12.2. The van der Waals surface area contributed by atoms with Gasteiger partial charge in [0.1, 0.15) is 23.3 Å². The molecule has 4 saturated heterocycles. The molecule has 6 aromatic rings. The average Bonchev–Trinajstić information content (AvgIpc) is 4.14. The van der Waals surface area contributed by atoms with E-state index >= 15 is 0 Å². The highest BCUT2D eigenvalue weighted by Gasteiger charge is 2.53. The number of aromatic nitrogens is 6. The van der Waals surface area contributed by atoms with Crippen LogP contribution in [0.25, 0.3) is 21.8 Å². The maximum atomic E-state index is 14.0. The van der Waals surface area contributed by atoms with Gasteiger partial charge in [-0.05, 0) is 106 Å². The number of H-pyrrole nitrogens is 2. The molecule has 0 saturated carbocycles.